The first-order valence-electron chi connectivity index (χ1n) is 8.53. The summed E-state index contributed by atoms with van der Waals surface area (Å²) in [7, 11) is 0. The van der Waals surface area contributed by atoms with Crippen molar-refractivity contribution in [2.24, 2.45) is 5.14 Å². The lowest BCUT2D eigenvalue weighted by molar-refractivity contribution is 0.144. The molecule has 3 N–H and O–H groups in total. The maximum absolute atomic E-state index is 12.9. The topological polar surface area (TPSA) is 78.7 Å². The summed E-state index contributed by atoms with van der Waals surface area (Å²) in [6.07, 6.45) is 6.33. The summed E-state index contributed by atoms with van der Waals surface area (Å²) < 4.78 is 13.2. The zero-order chi connectivity index (χ0) is 18.9. The number of piperidine rings is 1. The molecular weight excluding hydrogens is 348 g/mol. The minimum atomic E-state index is -1.46. The predicted octanol–water partition coefficient (Wildman–Crippen LogP) is 2.46. The minimum absolute atomic E-state index is 0.0461. The minimum Gasteiger partial charge on any atom is -0.317 e. The number of benzene rings is 1. The Balaban J connectivity index is 2.15. The molecule has 140 valence electrons. The Morgan fingerprint density at radius 2 is 1.96 bits per heavy atom. The molecule has 1 aromatic carbocycles. The molecule has 0 spiro atoms. The number of nitrogens with one attached hydrogen (secondary N) is 1. The summed E-state index contributed by atoms with van der Waals surface area (Å²) in [5, 5.41) is 8.35. The Hall–Kier alpha value is -2.22. The number of rotatable bonds is 7. The van der Waals surface area contributed by atoms with E-state index in [4.69, 9.17) is 5.14 Å². The van der Waals surface area contributed by atoms with Crippen LogP contribution in [0.4, 0.5) is 4.79 Å². The van der Waals surface area contributed by atoms with Gasteiger partial charge in [-0.2, -0.15) is 0 Å². The van der Waals surface area contributed by atoms with Crippen molar-refractivity contribution in [3.8, 4) is 0 Å². The Kier molecular flexibility index (Phi) is 7.77. The number of amides is 2. The van der Waals surface area contributed by atoms with Crippen LogP contribution < -0.4 is 10.5 Å². The van der Waals surface area contributed by atoms with E-state index >= 15 is 0 Å². The highest BCUT2D eigenvalue weighted by atomic mass is 32.2. The van der Waals surface area contributed by atoms with Gasteiger partial charge >= 0.3 is 6.03 Å². The van der Waals surface area contributed by atoms with Gasteiger partial charge in [0, 0.05) is 31.4 Å². The van der Waals surface area contributed by atoms with E-state index in [9.17, 15) is 9.00 Å². The molecule has 1 aliphatic heterocycles. The van der Waals surface area contributed by atoms with E-state index in [2.05, 4.69) is 18.5 Å². The van der Waals surface area contributed by atoms with E-state index in [-0.39, 0.29) is 12.1 Å². The quantitative estimate of drug-likeness (QED) is 0.719. The molecule has 1 saturated heterocycles. The molecule has 6 nitrogen and oxygen atoms in total. The number of nitrogens with zero attached hydrogens (tertiary/aromatic N) is 2. The van der Waals surface area contributed by atoms with Gasteiger partial charge in [-0.15, -0.1) is 0 Å². The van der Waals surface area contributed by atoms with Crippen LogP contribution in [0, 0.1) is 0 Å². The molecule has 1 aromatic rings. The van der Waals surface area contributed by atoms with Crippen molar-refractivity contribution in [3.05, 3.63) is 73.0 Å². The summed E-state index contributed by atoms with van der Waals surface area (Å²) in [5.74, 6) is 0. The van der Waals surface area contributed by atoms with Gasteiger partial charge in [-0.05, 0) is 30.6 Å². The summed E-state index contributed by atoms with van der Waals surface area (Å²) in [6.45, 7) is 9.06. The monoisotopic (exact) mass is 374 g/mol. The van der Waals surface area contributed by atoms with Gasteiger partial charge in [-0.3, -0.25) is 0 Å². The van der Waals surface area contributed by atoms with Crippen LogP contribution in [0.1, 0.15) is 18.4 Å². The van der Waals surface area contributed by atoms with Gasteiger partial charge in [0.05, 0.1) is 0 Å². The SMILES string of the molecule is C=C/C=C(\C=C)NC(=O)N(Cc1ccccc1)C1CCN(S(N)=O)CC1. The van der Waals surface area contributed by atoms with Crippen LogP contribution in [0.3, 0.4) is 0 Å². The van der Waals surface area contributed by atoms with Crippen molar-refractivity contribution >= 4 is 17.2 Å². The molecule has 1 atom stereocenters. The van der Waals surface area contributed by atoms with Crippen molar-refractivity contribution in [1.82, 2.24) is 14.5 Å². The van der Waals surface area contributed by atoms with E-state index in [1.807, 2.05) is 35.2 Å². The molecule has 1 heterocycles. The van der Waals surface area contributed by atoms with Crippen LogP contribution in [0.15, 0.2) is 67.4 Å². The van der Waals surface area contributed by atoms with Gasteiger partial charge in [-0.1, -0.05) is 49.6 Å². The third kappa shape index (κ3) is 5.66. The van der Waals surface area contributed by atoms with Crippen LogP contribution in [-0.4, -0.2) is 38.6 Å². The van der Waals surface area contributed by atoms with Crippen molar-refractivity contribution in [2.45, 2.75) is 25.4 Å². The third-order valence-corrected chi connectivity index (χ3v) is 5.22. The lowest BCUT2D eigenvalue weighted by Gasteiger charge is -2.37. The number of carbonyl (C=O) groups excluding carboxylic acids is 1. The van der Waals surface area contributed by atoms with Crippen molar-refractivity contribution < 1.29 is 9.00 Å². The lowest BCUT2D eigenvalue weighted by Crippen LogP contribution is -2.50. The fourth-order valence-corrected chi connectivity index (χ4v) is 3.53. The number of urea groups is 1. The average Bonchev–Trinajstić information content (AvgIpc) is 2.66. The average molecular weight is 375 g/mol. The second-order valence-corrected chi connectivity index (χ2v) is 7.11. The van der Waals surface area contributed by atoms with E-state index in [1.165, 1.54) is 0 Å². The van der Waals surface area contributed by atoms with E-state index in [1.54, 1.807) is 22.5 Å². The second-order valence-electron chi connectivity index (χ2n) is 6.04. The molecule has 1 unspecified atom stereocenters. The standard InChI is InChI=1S/C19H26N4O2S/c1-3-8-17(4-2)21-19(24)23(15-16-9-6-5-7-10-16)18-11-13-22(14-12-18)26(20)25/h3-10,18H,1-2,11-15,20H2,(H,21,24)/b17-8+. The fourth-order valence-electron chi connectivity index (χ4n) is 2.96. The van der Waals surface area contributed by atoms with Gasteiger partial charge in [-0.25, -0.2) is 18.4 Å². The van der Waals surface area contributed by atoms with Crippen molar-refractivity contribution in [1.29, 1.82) is 0 Å². The highest BCUT2D eigenvalue weighted by Crippen LogP contribution is 2.20. The first-order chi connectivity index (χ1) is 12.5. The molecule has 26 heavy (non-hydrogen) atoms. The van der Waals surface area contributed by atoms with E-state index in [0.717, 1.165) is 18.4 Å². The molecule has 0 saturated carbocycles. The number of nitrogens with two attached hydrogens (primary N) is 1. The molecule has 0 aromatic heterocycles. The maximum atomic E-state index is 12.9. The number of carbonyl (C=O) groups is 1. The van der Waals surface area contributed by atoms with E-state index < -0.39 is 11.2 Å². The molecule has 2 rings (SSSR count). The first-order valence-corrected chi connectivity index (χ1v) is 9.70. The molecule has 0 bridgehead atoms. The number of allylic oxidation sites excluding steroid dienone is 3. The Labute approximate surface area is 157 Å². The molecule has 1 aliphatic rings. The smallest absolute Gasteiger partial charge is 0.317 e. The van der Waals surface area contributed by atoms with Crippen LogP contribution in [0.5, 0.6) is 0 Å². The van der Waals surface area contributed by atoms with E-state index in [0.29, 0.717) is 25.3 Å². The molecular formula is C19H26N4O2S. The molecule has 0 aliphatic carbocycles. The maximum Gasteiger partial charge on any atom is 0.322 e. The van der Waals surface area contributed by atoms with Gasteiger partial charge in [0.25, 0.3) is 0 Å². The Bertz CT molecular complexity index is 682. The van der Waals surface area contributed by atoms with Gasteiger partial charge in [0.2, 0.25) is 0 Å². The second kappa shape index (κ2) is 10.1. The summed E-state index contributed by atoms with van der Waals surface area (Å²) in [5.41, 5.74) is 1.66. The van der Waals surface area contributed by atoms with Crippen molar-refractivity contribution in [3.63, 3.8) is 0 Å². The predicted molar refractivity (Wildman–Crippen MR) is 106 cm³/mol. The number of hydrogen-bond donors (Lipinski definition) is 2. The van der Waals surface area contributed by atoms with Gasteiger partial charge < -0.3 is 10.2 Å². The first kappa shape index (κ1) is 20.1. The van der Waals surface area contributed by atoms with Crippen LogP contribution in [-0.2, 0) is 17.7 Å². The zero-order valence-corrected chi connectivity index (χ0v) is 15.7. The number of hydrogen-bond acceptors (Lipinski definition) is 2. The largest absolute Gasteiger partial charge is 0.322 e. The molecule has 0 radical (unpaired) electrons. The van der Waals surface area contributed by atoms with Gasteiger partial charge in [0.15, 0.2) is 11.2 Å². The summed E-state index contributed by atoms with van der Waals surface area (Å²) in [6, 6.07) is 9.72. The lowest BCUT2D eigenvalue weighted by atomic mass is 10.0. The Morgan fingerprint density at radius 1 is 1.31 bits per heavy atom. The molecule has 7 heteroatoms. The normalized spacial score (nSPS) is 17.3. The fraction of sp³-hybridized carbons (Fsp3) is 0.316. The molecule has 2 amide bonds. The summed E-state index contributed by atoms with van der Waals surface area (Å²) >= 11 is -1.46. The van der Waals surface area contributed by atoms with Crippen molar-refractivity contribution in [2.75, 3.05) is 13.1 Å². The zero-order valence-electron chi connectivity index (χ0n) is 14.8. The third-order valence-electron chi connectivity index (χ3n) is 4.34. The van der Waals surface area contributed by atoms with Crippen LogP contribution in [0.2, 0.25) is 0 Å². The summed E-state index contributed by atoms with van der Waals surface area (Å²) in [4.78, 5) is 14.7. The highest BCUT2D eigenvalue weighted by Gasteiger charge is 2.29. The Morgan fingerprint density at radius 3 is 2.50 bits per heavy atom. The highest BCUT2D eigenvalue weighted by molar-refractivity contribution is 7.80. The van der Waals surface area contributed by atoms with Crippen LogP contribution >= 0.6 is 0 Å². The molecule has 1 fully saturated rings. The van der Waals surface area contributed by atoms with Crippen LogP contribution in [0.25, 0.3) is 0 Å². The van der Waals surface area contributed by atoms with Gasteiger partial charge in [0.1, 0.15) is 0 Å².